The smallest absolute Gasteiger partial charge is 0.221 e. The van der Waals surface area contributed by atoms with Gasteiger partial charge < -0.3 is 10.6 Å². The van der Waals surface area contributed by atoms with E-state index in [2.05, 4.69) is 17.6 Å². The Morgan fingerprint density at radius 2 is 1.44 bits per heavy atom. The molecule has 25 heavy (non-hydrogen) atoms. The number of carbonyl (C=O) groups is 3. The number of allylic oxidation sites excluding steroid dienone is 2. The number of rotatable bonds is 9. The Bertz CT molecular complexity index is 692. The molecule has 0 saturated heterocycles. The van der Waals surface area contributed by atoms with E-state index in [0.717, 1.165) is 12.8 Å². The van der Waals surface area contributed by atoms with Crippen LogP contribution in [0.15, 0.2) is 35.7 Å². The molecule has 2 rings (SSSR count). The summed E-state index contributed by atoms with van der Waals surface area (Å²) in [6.45, 7) is 4.11. The number of unbranched alkanes of at least 4 members (excludes halogenated alkanes) is 5. The average Bonchev–Trinajstić information content (AvgIpc) is 2.60. The highest BCUT2D eigenvalue weighted by molar-refractivity contribution is 6.27. The molecular weight excluding hydrogens is 316 g/mol. The summed E-state index contributed by atoms with van der Waals surface area (Å²) in [6, 6.07) is 6.71. The lowest BCUT2D eigenvalue weighted by Gasteiger charge is -2.22. The van der Waals surface area contributed by atoms with Gasteiger partial charge in [0.15, 0.2) is 0 Å². The largest absolute Gasteiger partial charge is 0.380 e. The molecule has 0 unspecified atom stereocenters. The summed E-state index contributed by atoms with van der Waals surface area (Å²) in [4.78, 5) is 36.8. The van der Waals surface area contributed by atoms with Gasteiger partial charge in [-0.1, -0.05) is 63.3 Å². The summed E-state index contributed by atoms with van der Waals surface area (Å²) in [5, 5.41) is 5.61. The Balaban J connectivity index is 2.09. The van der Waals surface area contributed by atoms with Crippen LogP contribution in [0.3, 0.4) is 0 Å². The molecule has 0 heterocycles. The van der Waals surface area contributed by atoms with Crippen molar-refractivity contribution >= 4 is 17.5 Å². The van der Waals surface area contributed by atoms with Crippen molar-refractivity contribution in [2.45, 2.75) is 52.4 Å². The van der Waals surface area contributed by atoms with E-state index in [1.165, 1.54) is 32.6 Å². The predicted molar refractivity (Wildman–Crippen MR) is 97.3 cm³/mol. The monoisotopic (exact) mass is 342 g/mol. The predicted octanol–water partition coefficient (Wildman–Crippen LogP) is 3.36. The van der Waals surface area contributed by atoms with Crippen molar-refractivity contribution in [3.63, 3.8) is 0 Å². The van der Waals surface area contributed by atoms with Crippen molar-refractivity contribution in [3.05, 3.63) is 46.8 Å². The van der Waals surface area contributed by atoms with E-state index in [-0.39, 0.29) is 28.9 Å². The number of Topliss-reactive ketones (excluding diaryl/α,β-unsaturated/α-hetero) is 2. The summed E-state index contributed by atoms with van der Waals surface area (Å²) < 4.78 is 0. The van der Waals surface area contributed by atoms with Crippen molar-refractivity contribution < 1.29 is 14.4 Å². The van der Waals surface area contributed by atoms with Gasteiger partial charge in [0, 0.05) is 24.6 Å². The fourth-order valence-electron chi connectivity index (χ4n) is 2.96. The van der Waals surface area contributed by atoms with Gasteiger partial charge in [-0.15, -0.1) is 0 Å². The number of fused-ring (bicyclic) bond motifs is 1. The van der Waals surface area contributed by atoms with Crippen LogP contribution < -0.4 is 10.6 Å². The summed E-state index contributed by atoms with van der Waals surface area (Å²) >= 11 is 0. The Labute approximate surface area is 148 Å². The maximum atomic E-state index is 12.7. The Hall–Kier alpha value is -2.43. The zero-order chi connectivity index (χ0) is 18.2. The standard InChI is InChI=1S/C20H26N2O3/c1-3-4-5-6-7-10-13-21-17-18(22-14(2)23)20(25)16-12-9-8-11-15(16)19(17)24/h8-9,11-12,21H,3-7,10,13H2,1-2H3,(H,22,23). The second kappa shape index (κ2) is 9.16. The minimum absolute atomic E-state index is 0.0576. The van der Waals surface area contributed by atoms with Gasteiger partial charge in [0.2, 0.25) is 17.5 Å². The van der Waals surface area contributed by atoms with Crippen LogP contribution in [-0.2, 0) is 4.79 Å². The molecule has 0 fully saturated rings. The van der Waals surface area contributed by atoms with E-state index in [4.69, 9.17) is 0 Å². The third-order valence-corrected chi connectivity index (χ3v) is 4.25. The first-order chi connectivity index (χ1) is 12.1. The van der Waals surface area contributed by atoms with Crippen molar-refractivity contribution in [3.8, 4) is 0 Å². The van der Waals surface area contributed by atoms with E-state index >= 15 is 0 Å². The summed E-state index contributed by atoms with van der Waals surface area (Å²) in [5.74, 6) is -0.935. The van der Waals surface area contributed by atoms with E-state index in [1.807, 2.05) is 0 Å². The molecule has 0 bridgehead atoms. The second-order valence-electron chi connectivity index (χ2n) is 6.33. The summed E-state index contributed by atoms with van der Waals surface area (Å²) in [5.41, 5.74) is 0.975. The Kier molecular flexibility index (Phi) is 6.92. The van der Waals surface area contributed by atoms with Gasteiger partial charge in [-0.3, -0.25) is 14.4 Å². The van der Waals surface area contributed by atoms with Crippen LogP contribution >= 0.6 is 0 Å². The van der Waals surface area contributed by atoms with E-state index in [9.17, 15) is 14.4 Å². The quantitative estimate of drug-likeness (QED) is 0.675. The Morgan fingerprint density at radius 1 is 0.880 bits per heavy atom. The third kappa shape index (κ3) is 4.78. The van der Waals surface area contributed by atoms with Crippen molar-refractivity contribution in [1.29, 1.82) is 0 Å². The van der Waals surface area contributed by atoms with E-state index in [0.29, 0.717) is 17.7 Å². The van der Waals surface area contributed by atoms with Gasteiger partial charge in [-0.05, 0) is 6.42 Å². The molecule has 0 saturated carbocycles. The van der Waals surface area contributed by atoms with Crippen molar-refractivity contribution in [2.75, 3.05) is 6.54 Å². The van der Waals surface area contributed by atoms with Gasteiger partial charge in [0.1, 0.15) is 11.4 Å². The third-order valence-electron chi connectivity index (χ3n) is 4.25. The highest BCUT2D eigenvalue weighted by atomic mass is 16.2. The number of amides is 1. The van der Waals surface area contributed by atoms with Crippen molar-refractivity contribution in [2.24, 2.45) is 0 Å². The van der Waals surface area contributed by atoms with Crippen LogP contribution in [0.2, 0.25) is 0 Å². The molecule has 0 aliphatic heterocycles. The van der Waals surface area contributed by atoms with Crippen LogP contribution in [-0.4, -0.2) is 24.0 Å². The molecule has 1 aromatic carbocycles. The van der Waals surface area contributed by atoms with Gasteiger partial charge >= 0.3 is 0 Å². The van der Waals surface area contributed by atoms with Crippen LogP contribution in [0, 0.1) is 0 Å². The normalized spacial score (nSPS) is 13.7. The molecule has 1 aliphatic rings. The lowest BCUT2D eigenvalue weighted by molar-refractivity contribution is -0.118. The topological polar surface area (TPSA) is 75.3 Å². The lowest BCUT2D eigenvalue weighted by atomic mass is 9.90. The van der Waals surface area contributed by atoms with Gasteiger partial charge in [0.25, 0.3) is 0 Å². The highest BCUT2D eigenvalue weighted by Crippen LogP contribution is 2.23. The van der Waals surface area contributed by atoms with Crippen LogP contribution in [0.25, 0.3) is 0 Å². The van der Waals surface area contributed by atoms with Gasteiger partial charge in [-0.2, -0.15) is 0 Å². The van der Waals surface area contributed by atoms with Crippen molar-refractivity contribution in [1.82, 2.24) is 10.6 Å². The highest BCUT2D eigenvalue weighted by Gasteiger charge is 2.32. The minimum atomic E-state index is -0.366. The van der Waals surface area contributed by atoms with E-state index in [1.54, 1.807) is 24.3 Å². The second-order valence-corrected chi connectivity index (χ2v) is 6.33. The molecule has 0 radical (unpaired) electrons. The first kappa shape index (κ1) is 18.9. The molecule has 5 nitrogen and oxygen atoms in total. The molecule has 0 atom stereocenters. The summed E-state index contributed by atoms with van der Waals surface area (Å²) in [7, 11) is 0. The molecule has 1 aromatic rings. The minimum Gasteiger partial charge on any atom is -0.380 e. The lowest BCUT2D eigenvalue weighted by Crippen LogP contribution is -2.37. The SMILES string of the molecule is CCCCCCCCNC1=C(NC(C)=O)C(=O)c2ccccc2C1=O. The molecule has 134 valence electrons. The zero-order valence-corrected chi connectivity index (χ0v) is 15.0. The maximum Gasteiger partial charge on any atom is 0.221 e. The zero-order valence-electron chi connectivity index (χ0n) is 15.0. The van der Waals surface area contributed by atoms with Gasteiger partial charge in [-0.25, -0.2) is 0 Å². The molecule has 2 N–H and O–H groups in total. The molecule has 0 spiro atoms. The summed E-state index contributed by atoms with van der Waals surface area (Å²) in [6.07, 6.45) is 6.85. The van der Waals surface area contributed by atoms with Gasteiger partial charge in [0.05, 0.1) is 0 Å². The van der Waals surface area contributed by atoms with Crippen LogP contribution in [0.4, 0.5) is 0 Å². The molecule has 1 aliphatic carbocycles. The van der Waals surface area contributed by atoms with E-state index < -0.39 is 0 Å². The maximum absolute atomic E-state index is 12.7. The Morgan fingerprint density at radius 3 is 2.04 bits per heavy atom. The first-order valence-corrected chi connectivity index (χ1v) is 9.00. The number of carbonyl (C=O) groups excluding carboxylic acids is 3. The molecule has 1 amide bonds. The fourth-order valence-corrected chi connectivity index (χ4v) is 2.96. The number of hydrogen-bond acceptors (Lipinski definition) is 4. The molecule has 0 aromatic heterocycles. The first-order valence-electron chi connectivity index (χ1n) is 9.00. The number of hydrogen-bond donors (Lipinski definition) is 2. The van der Waals surface area contributed by atoms with Crippen LogP contribution in [0.5, 0.6) is 0 Å². The molecular formula is C20H26N2O3. The number of ketones is 2. The molecule has 5 heteroatoms. The average molecular weight is 342 g/mol. The van der Waals surface area contributed by atoms with Crippen LogP contribution in [0.1, 0.15) is 73.1 Å². The fraction of sp³-hybridized carbons (Fsp3) is 0.450. The number of benzene rings is 1. The number of nitrogens with one attached hydrogen (secondary N) is 2.